The molecule has 2 N–H and O–H groups in total. The van der Waals surface area contributed by atoms with Gasteiger partial charge in [0.05, 0.1) is 12.1 Å². The van der Waals surface area contributed by atoms with E-state index in [1.807, 2.05) is 13.8 Å². The molecule has 1 atom stereocenters. The minimum absolute atomic E-state index is 0.0230. The molecule has 0 aromatic heterocycles. The van der Waals surface area contributed by atoms with Crippen molar-refractivity contribution in [3.63, 3.8) is 0 Å². The molecule has 0 spiro atoms. The third-order valence-electron chi connectivity index (χ3n) is 4.82. The minimum atomic E-state index is -0.457. The second-order valence-corrected chi connectivity index (χ2v) is 7.31. The largest absolute Gasteiger partial charge is 0.487 e. The Kier molecular flexibility index (Phi) is 4.32. The van der Waals surface area contributed by atoms with E-state index in [-0.39, 0.29) is 29.8 Å². The molecule has 0 saturated heterocycles. The third kappa shape index (κ3) is 3.66. The number of aliphatic hydroxyl groups is 1. The molecular formula is C18H24FNO3. The Balaban J connectivity index is 1.76. The van der Waals surface area contributed by atoms with Crippen LogP contribution in [0.2, 0.25) is 0 Å². The summed E-state index contributed by atoms with van der Waals surface area (Å²) in [5, 5.41) is 12.7. The van der Waals surface area contributed by atoms with Crippen molar-refractivity contribution in [3.05, 3.63) is 29.6 Å². The number of ether oxygens (including phenoxy) is 1. The van der Waals surface area contributed by atoms with Crippen LogP contribution in [0.5, 0.6) is 5.75 Å². The van der Waals surface area contributed by atoms with Crippen LogP contribution in [-0.2, 0) is 4.79 Å². The molecule has 0 bridgehead atoms. The number of hydrogen-bond donors (Lipinski definition) is 2. The fourth-order valence-corrected chi connectivity index (χ4v) is 3.58. The number of amides is 1. The summed E-state index contributed by atoms with van der Waals surface area (Å²) in [6.07, 6.45) is 3.17. The van der Waals surface area contributed by atoms with Crippen molar-refractivity contribution in [2.75, 3.05) is 0 Å². The van der Waals surface area contributed by atoms with E-state index < -0.39 is 5.60 Å². The Morgan fingerprint density at radius 1 is 1.30 bits per heavy atom. The van der Waals surface area contributed by atoms with Crippen molar-refractivity contribution < 1.29 is 19.0 Å². The van der Waals surface area contributed by atoms with Gasteiger partial charge in [0.15, 0.2) is 0 Å². The molecular weight excluding hydrogens is 297 g/mol. The second-order valence-electron chi connectivity index (χ2n) is 7.31. The van der Waals surface area contributed by atoms with Gasteiger partial charge >= 0.3 is 0 Å². The Labute approximate surface area is 136 Å². The molecule has 1 fully saturated rings. The highest BCUT2D eigenvalue weighted by Crippen LogP contribution is 2.40. The quantitative estimate of drug-likeness (QED) is 0.880. The highest BCUT2D eigenvalue weighted by Gasteiger charge is 2.36. The first-order valence-electron chi connectivity index (χ1n) is 8.31. The van der Waals surface area contributed by atoms with E-state index in [4.69, 9.17) is 4.74 Å². The molecule has 2 aliphatic rings. The van der Waals surface area contributed by atoms with Crippen LogP contribution in [0.1, 0.15) is 57.6 Å². The third-order valence-corrected chi connectivity index (χ3v) is 4.82. The zero-order valence-electron chi connectivity index (χ0n) is 13.6. The lowest BCUT2D eigenvalue weighted by Crippen LogP contribution is -2.43. The van der Waals surface area contributed by atoms with Crippen molar-refractivity contribution in [2.45, 2.75) is 63.7 Å². The summed E-state index contributed by atoms with van der Waals surface area (Å²) >= 11 is 0. The SMILES string of the molecule is CC1(C)CC(NC(=O)C2CCC(O)CC2)c2ccc(F)cc2O1. The van der Waals surface area contributed by atoms with E-state index in [1.165, 1.54) is 12.1 Å². The summed E-state index contributed by atoms with van der Waals surface area (Å²) in [7, 11) is 0. The highest BCUT2D eigenvalue weighted by molar-refractivity contribution is 5.79. The molecule has 3 rings (SSSR count). The van der Waals surface area contributed by atoms with Gasteiger partial charge in [-0.1, -0.05) is 6.07 Å². The van der Waals surface area contributed by atoms with Crippen LogP contribution >= 0.6 is 0 Å². The fraction of sp³-hybridized carbons (Fsp3) is 0.611. The van der Waals surface area contributed by atoms with E-state index >= 15 is 0 Å². The molecule has 5 heteroatoms. The molecule has 1 aromatic rings. The van der Waals surface area contributed by atoms with Gasteiger partial charge in [-0.15, -0.1) is 0 Å². The summed E-state index contributed by atoms with van der Waals surface area (Å²) in [6.45, 7) is 3.88. The number of aliphatic hydroxyl groups excluding tert-OH is 1. The summed E-state index contributed by atoms with van der Waals surface area (Å²) in [4.78, 5) is 12.6. The van der Waals surface area contributed by atoms with Gasteiger partial charge in [-0.2, -0.15) is 0 Å². The van der Waals surface area contributed by atoms with Crippen LogP contribution in [0.25, 0.3) is 0 Å². The first-order valence-corrected chi connectivity index (χ1v) is 8.31. The second kappa shape index (κ2) is 6.11. The van der Waals surface area contributed by atoms with Crippen molar-refractivity contribution in [2.24, 2.45) is 5.92 Å². The lowest BCUT2D eigenvalue weighted by molar-refractivity contribution is -0.127. The summed E-state index contributed by atoms with van der Waals surface area (Å²) in [6, 6.07) is 4.30. The fourth-order valence-electron chi connectivity index (χ4n) is 3.58. The van der Waals surface area contributed by atoms with Gasteiger partial charge in [-0.25, -0.2) is 4.39 Å². The normalized spacial score (nSPS) is 29.3. The summed E-state index contributed by atoms with van der Waals surface area (Å²) < 4.78 is 19.3. The zero-order valence-corrected chi connectivity index (χ0v) is 13.6. The van der Waals surface area contributed by atoms with Crippen molar-refractivity contribution >= 4 is 5.91 Å². The molecule has 1 aromatic carbocycles. The van der Waals surface area contributed by atoms with Gasteiger partial charge in [0, 0.05) is 24.0 Å². The van der Waals surface area contributed by atoms with E-state index in [0.29, 0.717) is 25.0 Å². The molecule has 1 aliphatic heterocycles. The van der Waals surface area contributed by atoms with Crippen LogP contribution in [0.15, 0.2) is 18.2 Å². The van der Waals surface area contributed by atoms with E-state index in [1.54, 1.807) is 6.07 Å². The number of fused-ring (bicyclic) bond motifs is 1. The Bertz CT molecular complexity index is 594. The summed E-state index contributed by atoms with van der Waals surface area (Å²) in [5.41, 5.74) is 0.372. The number of carbonyl (C=O) groups excluding carboxylic acids is 1. The average Bonchev–Trinajstić information content (AvgIpc) is 2.46. The Hall–Kier alpha value is -1.62. The number of halogens is 1. The molecule has 1 unspecified atom stereocenters. The van der Waals surface area contributed by atoms with Gasteiger partial charge in [0.2, 0.25) is 5.91 Å². The van der Waals surface area contributed by atoms with E-state index in [9.17, 15) is 14.3 Å². The van der Waals surface area contributed by atoms with Gasteiger partial charge < -0.3 is 15.2 Å². The monoisotopic (exact) mass is 321 g/mol. The smallest absolute Gasteiger partial charge is 0.223 e. The predicted octanol–water partition coefficient (Wildman–Crippen LogP) is 3.10. The van der Waals surface area contributed by atoms with Crippen LogP contribution in [0.4, 0.5) is 4.39 Å². The topological polar surface area (TPSA) is 58.6 Å². The zero-order chi connectivity index (χ0) is 16.6. The average molecular weight is 321 g/mol. The maximum Gasteiger partial charge on any atom is 0.223 e. The van der Waals surface area contributed by atoms with Gasteiger partial charge in [0.25, 0.3) is 0 Å². The van der Waals surface area contributed by atoms with Crippen molar-refractivity contribution in [3.8, 4) is 5.75 Å². The molecule has 4 nitrogen and oxygen atoms in total. The summed E-state index contributed by atoms with van der Waals surface area (Å²) in [5.74, 6) is 0.140. The van der Waals surface area contributed by atoms with Crippen molar-refractivity contribution in [1.82, 2.24) is 5.32 Å². The molecule has 126 valence electrons. The number of rotatable bonds is 2. The lowest BCUT2D eigenvalue weighted by Gasteiger charge is -2.38. The number of hydrogen-bond acceptors (Lipinski definition) is 3. The van der Waals surface area contributed by atoms with Crippen LogP contribution in [0, 0.1) is 11.7 Å². The van der Waals surface area contributed by atoms with Gasteiger partial charge in [-0.05, 0) is 45.6 Å². The van der Waals surface area contributed by atoms with Crippen LogP contribution in [0.3, 0.4) is 0 Å². The number of nitrogens with one attached hydrogen (secondary N) is 1. The maximum atomic E-state index is 13.5. The standard InChI is InChI=1S/C18H24FNO3/c1-18(2)10-15(14-8-5-12(19)9-16(14)23-18)20-17(22)11-3-6-13(21)7-4-11/h5,8-9,11,13,15,21H,3-4,6-7,10H2,1-2H3,(H,20,22). The van der Waals surface area contributed by atoms with E-state index in [2.05, 4.69) is 5.32 Å². The Morgan fingerprint density at radius 3 is 2.70 bits per heavy atom. The van der Waals surface area contributed by atoms with Crippen LogP contribution < -0.4 is 10.1 Å². The Morgan fingerprint density at radius 2 is 2.00 bits per heavy atom. The maximum absolute atomic E-state index is 13.5. The lowest BCUT2D eigenvalue weighted by atomic mass is 9.85. The molecule has 0 radical (unpaired) electrons. The van der Waals surface area contributed by atoms with Gasteiger partial charge in [0.1, 0.15) is 17.2 Å². The molecule has 1 amide bonds. The minimum Gasteiger partial charge on any atom is -0.487 e. The predicted molar refractivity (Wildman–Crippen MR) is 84.6 cm³/mol. The number of benzene rings is 1. The molecule has 23 heavy (non-hydrogen) atoms. The first-order chi connectivity index (χ1) is 10.8. The van der Waals surface area contributed by atoms with Gasteiger partial charge in [-0.3, -0.25) is 4.79 Å². The number of carbonyl (C=O) groups is 1. The van der Waals surface area contributed by atoms with Crippen LogP contribution in [-0.4, -0.2) is 22.7 Å². The van der Waals surface area contributed by atoms with Crippen molar-refractivity contribution in [1.29, 1.82) is 0 Å². The molecule has 1 heterocycles. The highest BCUT2D eigenvalue weighted by atomic mass is 19.1. The molecule has 1 aliphatic carbocycles. The molecule has 1 saturated carbocycles. The van der Waals surface area contributed by atoms with E-state index in [0.717, 1.165) is 18.4 Å². The first kappa shape index (κ1) is 16.2.